The lowest BCUT2D eigenvalue weighted by Crippen LogP contribution is -2.43. The van der Waals surface area contributed by atoms with E-state index in [0.29, 0.717) is 6.07 Å². The first-order chi connectivity index (χ1) is 9.85. The van der Waals surface area contributed by atoms with Gasteiger partial charge in [-0.05, 0) is 6.07 Å². The Kier molecular flexibility index (Phi) is 5.55. The molecule has 0 radical (unpaired) electrons. The monoisotopic (exact) mass is 301 g/mol. The Morgan fingerprint density at radius 2 is 2.10 bits per heavy atom. The molecule has 0 heterocycles. The lowest BCUT2D eigenvalue weighted by atomic mass is 10.2. The third-order valence-electron chi connectivity index (χ3n) is 2.43. The van der Waals surface area contributed by atoms with Crippen LogP contribution >= 0.6 is 0 Å². The number of amides is 2. The fourth-order valence-electron chi connectivity index (χ4n) is 1.42. The molecule has 0 bridgehead atoms. The summed E-state index contributed by atoms with van der Waals surface area (Å²) in [5.41, 5.74) is -0.826. The molecule has 1 aromatic rings. The highest BCUT2D eigenvalue weighted by molar-refractivity contribution is 5.92. The molecule has 114 valence electrons. The Labute approximate surface area is 117 Å². The van der Waals surface area contributed by atoms with Crippen molar-refractivity contribution < 1.29 is 29.1 Å². The van der Waals surface area contributed by atoms with Gasteiger partial charge < -0.3 is 20.8 Å². The van der Waals surface area contributed by atoms with Crippen LogP contribution in [0.1, 0.15) is 6.42 Å². The summed E-state index contributed by atoms with van der Waals surface area (Å²) in [5.74, 6) is -2.39. The van der Waals surface area contributed by atoms with Crippen LogP contribution in [0.5, 0.6) is 0 Å². The van der Waals surface area contributed by atoms with Gasteiger partial charge in [-0.1, -0.05) is 0 Å². The van der Waals surface area contributed by atoms with Gasteiger partial charge in [0.25, 0.3) is 5.69 Å². The molecule has 10 heteroatoms. The Morgan fingerprint density at radius 1 is 1.43 bits per heavy atom. The van der Waals surface area contributed by atoms with Gasteiger partial charge in [0.15, 0.2) is 5.82 Å². The summed E-state index contributed by atoms with van der Waals surface area (Å²) >= 11 is 0. The number of anilines is 1. The van der Waals surface area contributed by atoms with Gasteiger partial charge in [-0.2, -0.15) is 0 Å². The summed E-state index contributed by atoms with van der Waals surface area (Å²) in [4.78, 5) is 31.9. The maximum atomic E-state index is 13.5. The van der Waals surface area contributed by atoms with Crippen LogP contribution in [0.15, 0.2) is 18.2 Å². The Bertz CT molecular complexity index is 565. The number of carbonyl (C=O) groups is 2. The van der Waals surface area contributed by atoms with Crippen molar-refractivity contribution >= 4 is 23.4 Å². The van der Waals surface area contributed by atoms with E-state index in [4.69, 9.17) is 10.2 Å². The van der Waals surface area contributed by atoms with Crippen LogP contribution in [0.25, 0.3) is 0 Å². The van der Waals surface area contributed by atoms with Crippen LogP contribution < -0.4 is 10.6 Å². The summed E-state index contributed by atoms with van der Waals surface area (Å²) in [6.07, 6.45) is -0.217. The quantitative estimate of drug-likeness (QED) is 0.450. The number of nitrogens with zero attached hydrogens (tertiary/aromatic N) is 1. The molecule has 0 unspecified atom stereocenters. The SMILES string of the molecule is O=C(Nc1ccc([N+](=O)[O-])cc1F)N[C@@H](CCO)C(=O)O. The summed E-state index contributed by atoms with van der Waals surface area (Å²) in [6.45, 7) is -0.455. The summed E-state index contributed by atoms with van der Waals surface area (Å²) in [5, 5.41) is 31.9. The minimum Gasteiger partial charge on any atom is -0.480 e. The number of aliphatic hydroxyl groups is 1. The number of urea groups is 1. The molecule has 21 heavy (non-hydrogen) atoms. The number of rotatable bonds is 6. The molecular weight excluding hydrogens is 289 g/mol. The molecule has 0 saturated heterocycles. The first-order valence-electron chi connectivity index (χ1n) is 5.70. The number of carboxylic acid groups (broad SMARTS) is 1. The molecule has 0 aliphatic carbocycles. The van der Waals surface area contributed by atoms with Crippen molar-refractivity contribution in [1.29, 1.82) is 0 Å². The average molecular weight is 301 g/mol. The molecule has 0 aliphatic heterocycles. The number of aliphatic hydroxyl groups excluding tert-OH is 1. The lowest BCUT2D eigenvalue weighted by molar-refractivity contribution is -0.385. The van der Waals surface area contributed by atoms with E-state index in [1.54, 1.807) is 0 Å². The number of hydrogen-bond donors (Lipinski definition) is 4. The summed E-state index contributed by atoms with van der Waals surface area (Å²) < 4.78 is 13.5. The van der Waals surface area contributed by atoms with Gasteiger partial charge in [-0.15, -0.1) is 0 Å². The minimum atomic E-state index is -1.36. The van der Waals surface area contributed by atoms with Gasteiger partial charge in [-0.3, -0.25) is 10.1 Å². The first kappa shape index (κ1) is 16.3. The van der Waals surface area contributed by atoms with Crippen molar-refractivity contribution in [2.75, 3.05) is 11.9 Å². The fourth-order valence-corrected chi connectivity index (χ4v) is 1.42. The molecule has 0 saturated carbocycles. The number of nitro groups is 1. The Morgan fingerprint density at radius 3 is 2.57 bits per heavy atom. The van der Waals surface area contributed by atoms with E-state index in [1.807, 2.05) is 10.6 Å². The van der Waals surface area contributed by atoms with E-state index in [2.05, 4.69) is 0 Å². The van der Waals surface area contributed by atoms with Crippen molar-refractivity contribution in [3.8, 4) is 0 Å². The van der Waals surface area contributed by atoms with Gasteiger partial charge in [0.2, 0.25) is 0 Å². The van der Waals surface area contributed by atoms with Crippen molar-refractivity contribution in [3.05, 3.63) is 34.1 Å². The molecule has 0 aliphatic rings. The fraction of sp³-hybridized carbons (Fsp3) is 0.273. The van der Waals surface area contributed by atoms with Crippen LogP contribution in [0.4, 0.5) is 20.6 Å². The van der Waals surface area contributed by atoms with E-state index in [0.717, 1.165) is 12.1 Å². The predicted molar refractivity (Wildman–Crippen MR) is 68.3 cm³/mol. The zero-order valence-electron chi connectivity index (χ0n) is 10.6. The molecule has 0 spiro atoms. The van der Waals surface area contributed by atoms with Crippen molar-refractivity contribution in [2.45, 2.75) is 12.5 Å². The van der Waals surface area contributed by atoms with E-state index >= 15 is 0 Å². The molecule has 1 atom stereocenters. The molecule has 1 aromatic carbocycles. The Hall–Kier alpha value is -2.75. The van der Waals surface area contributed by atoms with E-state index in [1.165, 1.54) is 0 Å². The van der Waals surface area contributed by atoms with Gasteiger partial charge >= 0.3 is 12.0 Å². The minimum absolute atomic E-state index is 0.217. The predicted octanol–water partition coefficient (Wildman–Crippen LogP) is 0.691. The first-order valence-corrected chi connectivity index (χ1v) is 5.70. The van der Waals surface area contributed by atoms with Crippen LogP contribution in [-0.4, -0.2) is 39.8 Å². The third kappa shape index (κ3) is 4.69. The highest BCUT2D eigenvalue weighted by Crippen LogP contribution is 2.20. The zero-order chi connectivity index (χ0) is 16.0. The number of aliphatic carboxylic acids is 1. The maximum absolute atomic E-state index is 13.5. The summed E-state index contributed by atoms with van der Waals surface area (Å²) in [6, 6.07) is 0.244. The Balaban J connectivity index is 2.74. The average Bonchev–Trinajstić information content (AvgIpc) is 2.40. The molecule has 0 aromatic heterocycles. The van der Waals surface area contributed by atoms with Gasteiger partial charge in [0, 0.05) is 19.1 Å². The number of carbonyl (C=O) groups excluding carboxylic acids is 1. The second kappa shape index (κ2) is 7.14. The van der Waals surface area contributed by atoms with Gasteiger partial charge in [0.05, 0.1) is 16.7 Å². The number of benzene rings is 1. The second-order valence-corrected chi connectivity index (χ2v) is 3.92. The van der Waals surface area contributed by atoms with Crippen molar-refractivity contribution in [3.63, 3.8) is 0 Å². The van der Waals surface area contributed by atoms with Crippen LogP contribution in [0.3, 0.4) is 0 Å². The zero-order valence-corrected chi connectivity index (χ0v) is 10.6. The maximum Gasteiger partial charge on any atom is 0.326 e. The normalized spacial score (nSPS) is 11.5. The van der Waals surface area contributed by atoms with Crippen LogP contribution in [0.2, 0.25) is 0 Å². The highest BCUT2D eigenvalue weighted by Gasteiger charge is 2.20. The highest BCUT2D eigenvalue weighted by atomic mass is 19.1. The number of carboxylic acids is 1. The number of nitrogens with one attached hydrogen (secondary N) is 2. The number of non-ortho nitro benzene ring substituents is 1. The smallest absolute Gasteiger partial charge is 0.326 e. The largest absolute Gasteiger partial charge is 0.480 e. The third-order valence-corrected chi connectivity index (χ3v) is 2.43. The standard InChI is InChI=1S/C11H12FN3O6/c12-7-5-6(15(20)21)1-2-8(7)13-11(19)14-9(3-4-16)10(17)18/h1-2,5,9,16H,3-4H2,(H,17,18)(H2,13,14,19)/t9-/m0/s1. The van der Waals surface area contributed by atoms with Gasteiger partial charge in [-0.25, -0.2) is 14.0 Å². The van der Waals surface area contributed by atoms with E-state index < -0.39 is 41.1 Å². The van der Waals surface area contributed by atoms with Crippen molar-refractivity contribution in [2.24, 2.45) is 0 Å². The second-order valence-electron chi connectivity index (χ2n) is 3.92. The molecule has 0 fully saturated rings. The molecular formula is C11H12FN3O6. The van der Waals surface area contributed by atoms with Gasteiger partial charge in [0.1, 0.15) is 6.04 Å². The number of nitro benzene ring substituents is 1. The van der Waals surface area contributed by atoms with E-state index in [-0.39, 0.29) is 12.1 Å². The van der Waals surface area contributed by atoms with Crippen LogP contribution in [-0.2, 0) is 4.79 Å². The topological polar surface area (TPSA) is 142 Å². The van der Waals surface area contributed by atoms with Crippen LogP contribution in [0, 0.1) is 15.9 Å². The van der Waals surface area contributed by atoms with Crippen molar-refractivity contribution in [1.82, 2.24) is 5.32 Å². The molecule has 2 amide bonds. The molecule has 4 N–H and O–H groups in total. The van der Waals surface area contributed by atoms with E-state index in [9.17, 15) is 24.1 Å². The number of halogens is 1. The number of hydrogen-bond acceptors (Lipinski definition) is 5. The molecule has 9 nitrogen and oxygen atoms in total. The molecule has 1 rings (SSSR count). The summed E-state index contributed by atoms with van der Waals surface area (Å²) in [7, 11) is 0. The lowest BCUT2D eigenvalue weighted by Gasteiger charge is -2.14.